The Morgan fingerprint density at radius 3 is 1.21 bits per heavy atom. The van der Waals surface area contributed by atoms with Crippen LogP contribution in [-0.4, -0.2) is 101 Å². The zero-order valence-electron chi connectivity index (χ0n) is 22.7. The van der Waals surface area contributed by atoms with Crippen LogP contribution in [0.1, 0.15) is 57.5 Å². The molecule has 2 aromatic rings. The maximum atomic E-state index is 13.7. The summed E-state index contributed by atoms with van der Waals surface area (Å²) in [6.45, 7) is 2.64. The van der Waals surface area contributed by atoms with Gasteiger partial charge in [-0.2, -0.15) is 8.61 Å². The van der Waals surface area contributed by atoms with Gasteiger partial charge in [0.05, 0.1) is 36.2 Å². The third-order valence-corrected chi connectivity index (χ3v) is 12.6. The molecule has 0 N–H and O–H groups in total. The predicted molar refractivity (Wildman–Crippen MR) is 145 cm³/mol. The molecule has 0 unspecified atom stereocenters. The van der Waals surface area contributed by atoms with Crippen LogP contribution >= 0.6 is 0 Å². The molecule has 0 saturated carbocycles. The van der Waals surface area contributed by atoms with E-state index in [0.29, 0.717) is 52.1 Å². The Hall–Kier alpha value is -2.56. The minimum absolute atomic E-state index is 0.0744. The van der Waals surface area contributed by atoms with Gasteiger partial charge < -0.3 is 18.9 Å². The molecule has 0 bridgehead atoms. The summed E-state index contributed by atoms with van der Waals surface area (Å²) in [5.41, 5.74) is -0.000353. The molecule has 4 aliphatic heterocycles. The third-order valence-electron chi connectivity index (χ3n) is 8.83. The molecule has 1 aliphatic carbocycles. The minimum atomic E-state index is -3.98. The van der Waals surface area contributed by atoms with Gasteiger partial charge in [0.2, 0.25) is 20.0 Å². The van der Waals surface area contributed by atoms with Crippen molar-refractivity contribution in [3.8, 4) is 0 Å². The summed E-state index contributed by atoms with van der Waals surface area (Å²) in [6.07, 6.45) is 1.54. The highest BCUT2D eigenvalue weighted by Gasteiger charge is 2.44. The van der Waals surface area contributed by atoms with Gasteiger partial charge in [0, 0.05) is 74.1 Å². The topological polar surface area (TPSA) is 146 Å². The summed E-state index contributed by atoms with van der Waals surface area (Å²) < 4.78 is 79.5. The lowest BCUT2D eigenvalue weighted by Crippen LogP contribution is -2.47. The average molecular weight is 619 g/mol. The van der Waals surface area contributed by atoms with E-state index in [9.17, 15) is 26.4 Å². The molecule has 224 valence electrons. The quantitative estimate of drug-likeness (QED) is 0.422. The number of rotatable bonds is 4. The molecule has 12 nitrogen and oxygen atoms in total. The van der Waals surface area contributed by atoms with Crippen LogP contribution in [0.2, 0.25) is 0 Å². The van der Waals surface area contributed by atoms with E-state index in [4.69, 9.17) is 18.9 Å². The molecule has 2 aromatic carbocycles. The van der Waals surface area contributed by atoms with Gasteiger partial charge in [-0.1, -0.05) is 0 Å². The second-order valence-corrected chi connectivity index (χ2v) is 15.0. The van der Waals surface area contributed by atoms with Crippen LogP contribution in [-0.2, 0) is 39.0 Å². The first-order valence-corrected chi connectivity index (χ1v) is 16.9. The van der Waals surface area contributed by atoms with E-state index in [2.05, 4.69) is 0 Å². The summed E-state index contributed by atoms with van der Waals surface area (Å²) in [4.78, 5) is 26.8. The Bertz CT molecular complexity index is 1550. The van der Waals surface area contributed by atoms with Crippen LogP contribution in [0.15, 0.2) is 46.2 Å². The van der Waals surface area contributed by atoms with Gasteiger partial charge in [-0.15, -0.1) is 0 Å². The fourth-order valence-corrected chi connectivity index (χ4v) is 9.37. The largest absolute Gasteiger partial charge is 0.347 e. The first-order chi connectivity index (χ1) is 20.0. The first-order valence-electron chi connectivity index (χ1n) is 14.0. The van der Waals surface area contributed by atoms with Crippen molar-refractivity contribution in [2.24, 2.45) is 0 Å². The van der Waals surface area contributed by atoms with E-state index in [1.165, 1.54) is 45.0 Å². The maximum absolute atomic E-state index is 13.7. The Morgan fingerprint density at radius 1 is 0.524 bits per heavy atom. The summed E-state index contributed by atoms with van der Waals surface area (Å²) in [6, 6.07) is 7.79. The molecule has 5 aliphatic rings. The highest BCUT2D eigenvalue weighted by Crippen LogP contribution is 2.37. The highest BCUT2D eigenvalue weighted by molar-refractivity contribution is 7.89. The van der Waals surface area contributed by atoms with Crippen molar-refractivity contribution in [2.45, 2.75) is 47.0 Å². The molecular weight excluding hydrogens is 588 g/mol. The number of ketones is 2. The van der Waals surface area contributed by atoms with Crippen molar-refractivity contribution in [1.82, 2.24) is 8.61 Å². The molecule has 7 rings (SSSR count). The van der Waals surface area contributed by atoms with E-state index in [1.54, 1.807) is 0 Å². The van der Waals surface area contributed by atoms with Crippen molar-refractivity contribution in [3.05, 3.63) is 58.7 Å². The zero-order chi connectivity index (χ0) is 29.3. The van der Waals surface area contributed by atoms with Crippen LogP contribution in [0.4, 0.5) is 0 Å². The van der Waals surface area contributed by atoms with E-state index < -0.39 is 43.2 Å². The monoisotopic (exact) mass is 618 g/mol. The second-order valence-electron chi connectivity index (χ2n) is 11.1. The van der Waals surface area contributed by atoms with Crippen LogP contribution in [0, 0.1) is 0 Å². The van der Waals surface area contributed by atoms with Crippen molar-refractivity contribution < 1.29 is 45.4 Å². The number of sulfonamides is 2. The number of ether oxygens (including phenoxy) is 4. The van der Waals surface area contributed by atoms with Crippen molar-refractivity contribution in [3.63, 3.8) is 0 Å². The fourth-order valence-electron chi connectivity index (χ4n) is 6.43. The smallest absolute Gasteiger partial charge is 0.243 e. The van der Waals surface area contributed by atoms with Gasteiger partial charge in [0.15, 0.2) is 23.1 Å². The van der Waals surface area contributed by atoms with Gasteiger partial charge in [0.25, 0.3) is 0 Å². The Labute approximate surface area is 243 Å². The number of nitrogens with zero attached hydrogens (tertiary/aromatic N) is 2. The molecule has 14 heteroatoms. The fraction of sp³-hybridized carbons (Fsp3) is 0.500. The lowest BCUT2D eigenvalue weighted by atomic mass is 9.84. The van der Waals surface area contributed by atoms with E-state index in [1.807, 2.05) is 0 Å². The predicted octanol–water partition coefficient (Wildman–Crippen LogP) is 1.52. The molecule has 0 aromatic heterocycles. The number of piperidine rings is 2. The SMILES string of the molecule is O=C1c2ccc(S(=O)(=O)N3CCC4(CC3)OCCO4)cc2C(=O)c2cc(S(=O)(=O)N3CCC4(CC3)OCCO4)ccc21. The van der Waals surface area contributed by atoms with Gasteiger partial charge in [-0.25, -0.2) is 16.8 Å². The van der Waals surface area contributed by atoms with Crippen molar-refractivity contribution in [1.29, 1.82) is 0 Å². The summed E-state index contributed by atoms with van der Waals surface area (Å²) in [5, 5.41) is 0. The number of carbonyl (C=O) groups excluding carboxylic acids is 2. The minimum Gasteiger partial charge on any atom is -0.347 e. The lowest BCUT2D eigenvalue weighted by Gasteiger charge is -2.37. The van der Waals surface area contributed by atoms with E-state index >= 15 is 0 Å². The van der Waals surface area contributed by atoms with Gasteiger partial charge >= 0.3 is 0 Å². The lowest BCUT2D eigenvalue weighted by molar-refractivity contribution is -0.179. The van der Waals surface area contributed by atoms with Gasteiger partial charge in [-0.3, -0.25) is 9.59 Å². The number of hydrogen-bond donors (Lipinski definition) is 0. The molecule has 4 heterocycles. The van der Waals surface area contributed by atoms with Gasteiger partial charge in [0.1, 0.15) is 0 Å². The first kappa shape index (κ1) is 28.2. The molecule has 0 atom stereocenters. The number of hydrogen-bond acceptors (Lipinski definition) is 10. The Balaban J connectivity index is 1.15. The summed E-state index contributed by atoms with van der Waals surface area (Å²) >= 11 is 0. The number of fused-ring (bicyclic) bond motifs is 2. The molecule has 0 amide bonds. The molecule has 4 saturated heterocycles. The van der Waals surface area contributed by atoms with Gasteiger partial charge in [-0.05, 0) is 36.4 Å². The molecule has 42 heavy (non-hydrogen) atoms. The average Bonchev–Trinajstić information content (AvgIpc) is 3.65. The highest BCUT2D eigenvalue weighted by atomic mass is 32.2. The third kappa shape index (κ3) is 4.47. The Morgan fingerprint density at radius 2 is 0.857 bits per heavy atom. The zero-order valence-corrected chi connectivity index (χ0v) is 24.4. The number of benzene rings is 2. The van der Waals surface area contributed by atoms with Crippen molar-refractivity contribution in [2.75, 3.05) is 52.6 Å². The van der Waals surface area contributed by atoms with E-state index in [-0.39, 0.29) is 58.2 Å². The van der Waals surface area contributed by atoms with Crippen LogP contribution in [0.25, 0.3) is 0 Å². The summed E-state index contributed by atoms with van der Waals surface area (Å²) in [7, 11) is -7.96. The molecule has 0 radical (unpaired) electrons. The van der Waals surface area contributed by atoms with Crippen LogP contribution in [0.3, 0.4) is 0 Å². The molecule has 4 fully saturated rings. The van der Waals surface area contributed by atoms with Crippen LogP contribution in [0.5, 0.6) is 0 Å². The Kier molecular flexibility index (Phi) is 6.71. The summed E-state index contributed by atoms with van der Waals surface area (Å²) in [5.74, 6) is -2.58. The number of carbonyl (C=O) groups is 2. The standard InChI is InChI=1S/C28H30N2O10S2/c31-25-21-3-1-19(41(33,34)29-9-5-27(6-10-29)37-13-14-38-27)17-23(21)26(32)24-18-20(2-4-22(24)25)42(35,36)30-11-7-28(8-12-30)39-15-16-40-28/h1-4,17-18H,5-16H2. The second kappa shape index (κ2) is 9.99. The molecular formula is C28H30N2O10S2. The normalized spacial score (nSPS) is 24.3. The van der Waals surface area contributed by atoms with Crippen molar-refractivity contribution >= 4 is 31.6 Å². The molecule has 2 spiro atoms. The maximum Gasteiger partial charge on any atom is 0.243 e. The van der Waals surface area contributed by atoms with E-state index in [0.717, 1.165) is 0 Å². The van der Waals surface area contributed by atoms with Crippen LogP contribution < -0.4 is 0 Å².